The molecule has 47 valence electrons. The summed E-state index contributed by atoms with van der Waals surface area (Å²) in [5.74, 6) is 0. The van der Waals surface area contributed by atoms with Crippen LogP contribution in [0.25, 0.3) is 0 Å². The fourth-order valence-electron chi connectivity index (χ4n) is 0.289. The fraction of sp³-hybridized carbons (Fsp3) is 1.00. The van der Waals surface area contributed by atoms with E-state index >= 15 is 0 Å². The molecule has 0 fully saturated rings. The molecule has 0 atom stereocenters. The van der Waals surface area contributed by atoms with Crippen LogP contribution in [0.1, 0.15) is 12.8 Å². The first-order valence-corrected chi connectivity index (χ1v) is 4.29. The predicted molar refractivity (Wildman–Crippen MR) is 25.8 cm³/mol. The van der Waals surface area contributed by atoms with E-state index in [0.29, 0.717) is 10.9 Å². The van der Waals surface area contributed by atoms with Gasteiger partial charge in [-0.25, -0.2) is 0 Å². The van der Waals surface area contributed by atoms with E-state index in [1.807, 2.05) is 0 Å². The summed E-state index contributed by atoms with van der Waals surface area (Å²) in [7, 11) is 0. The number of alkyl halides is 3. The summed E-state index contributed by atoms with van der Waals surface area (Å²) in [5.41, 5.74) is 0. The SMILES string of the molecule is FC(F)(F)CC[CH2][Sn]. The topological polar surface area (TPSA) is 0 Å². The van der Waals surface area contributed by atoms with Crippen molar-refractivity contribution >= 4 is 22.5 Å². The molecule has 0 nitrogen and oxygen atoms in total. The van der Waals surface area contributed by atoms with Gasteiger partial charge in [0.05, 0.1) is 0 Å². The van der Waals surface area contributed by atoms with Crippen molar-refractivity contribution in [3.8, 4) is 0 Å². The molecule has 0 aliphatic heterocycles. The van der Waals surface area contributed by atoms with E-state index < -0.39 is 12.6 Å². The van der Waals surface area contributed by atoms with Gasteiger partial charge in [-0.1, -0.05) is 0 Å². The molecule has 0 aromatic carbocycles. The van der Waals surface area contributed by atoms with Gasteiger partial charge in [0.1, 0.15) is 0 Å². The average Bonchev–Trinajstić information content (AvgIpc) is 1.59. The minimum absolute atomic E-state index is 0.293. The summed E-state index contributed by atoms with van der Waals surface area (Å²) in [6.45, 7) is 0. The molecule has 0 aliphatic carbocycles. The summed E-state index contributed by atoms with van der Waals surface area (Å²) in [5, 5.41) is 0. The fourth-order valence-corrected chi connectivity index (χ4v) is 0.793. The molecule has 8 heavy (non-hydrogen) atoms. The molecule has 0 heterocycles. The zero-order valence-electron chi connectivity index (χ0n) is 4.26. The van der Waals surface area contributed by atoms with Gasteiger partial charge in [0, 0.05) is 0 Å². The molecular weight excluding hydrogens is 224 g/mol. The summed E-state index contributed by atoms with van der Waals surface area (Å²) < 4.78 is 34.5. The van der Waals surface area contributed by atoms with Crippen LogP contribution < -0.4 is 0 Å². The first-order valence-electron chi connectivity index (χ1n) is 2.27. The van der Waals surface area contributed by atoms with E-state index in [9.17, 15) is 13.2 Å². The van der Waals surface area contributed by atoms with Crippen LogP contribution >= 0.6 is 0 Å². The quantitative estimate of drug-likeness (QED) is 0.635. The van der Waals surface area contributed by atoms with Crippen molar-refractivity contribution in [2.75, 3.05) is 0 Å². The second-order valence-corrected chi connectivity index (χ2v) is 2.90. The van der Waals surface area contributed by atoms with Gasteiger partial charge in [-0.15, -0.1) is 0 Å². The Morgan fingerprint density at radius 2 is 1.75 bits per heavy atom. The average molecular weight is 230 g/mol. The monoisotopic (exact) mass is 231 g/mol. The van der Waals surface area contributed by atoms with Gasteiger partial charge >= 0.3 is 59.2 Å². The van der Waals surface area contributed by atoms with Crippen LogP contribution in [0.3, 0.4) is 0 Å². The molecule has 0 spiro atoms. The summed E-state index contributed by atoms with van der Waals surface area (Å²) in [6, 6.07) is 0. The van der Waals surface area contributed by atoms with Crippen LogP contribution in [-0.4, -0.2) is 28.7 Å². The van der Waals surface area contributed by atoms with E-state index in [1.54, 1.807) is 0 Å². The Bertz CT molecular complexity index is 58.8. The Morgan fingerprint density at radius 1 is 1.25 bits per heavy atom. The zero-order chi connectivity index (χ0) is 6.62. The third-order valence-corrected chi connectivity index (χ3v) is 1.65. The summed E-state index contributed by atoms with van der Waals surface area (Å²) in [4.78, 5) is 0. The van der Waals surface area contributed by atoms with Crippen molar-refractivity contribution in [1.29, 1.82) is 0 Å². The van der Waals surface area contributed by atoms with Crippen LogP contribution in [0.15, 0.2) is 0 Å². The van der Waals surface area contributed by atoms with E-state index in [4.69, 9.17) is 0 Å². The van der Waals surface area contributed by atoms with Crippen LogP contribution in [-0.2, 0) is 0 Å². The summed E-state index contributed by atoms with van der Waals surface area (Å²) in [6.07, 6.45) is -4.25. The van der Waals surface area contributed by atoms with Crippen molar-refractivity contribution in [1.82, 2.24) is 0 Å². The van der Waals surface area contributed by atoms with E-state index in [1.165, 1.54) is 22.5 Å². The Hall–Kier alpha value is 0.589. The minimum atomic E-state index is -3.93. The van der Waals surface area contributed by atoms with Gasteiger partial charge in [-0.05, 0) is 0 Å². The molecule has 3 radical (unpaired) electrons. The van der Waals surface area contributed by atoms with Crippen molar-refractivity contribution in [3.05, 3.63) is 0 Å². The molecule has 0 aromatic heterocycles. The number of hydrogen-bond acceptors (Lipinski definition) is 0. The molecule has 0 amide bonds. The second kappa shape index (κ2) is 3.58. The Balaban J connectivity index is 3.11. The van der Waals surface area contributed by atoms with Crippen molar-refractivity contribution in [2.24, 2.45) is 0 Å². The molecular formula is C4H6F3Sn. The van der Waals surface area contributed by atoms with Gasteiger partial charge in [-0.2, -0.15) is 0 Å². The molecule has 0 saturated carbocycles. The van der Waals surface area contributed by atoms with Crippen molar-refractivity contribution in [3.63, 3.8) is 0 Å². The van der Waals surface area contributed by atoms with Gasteiger partial charge < -0.3 is 0 Å². The molecule has 0 aliphatic rings. The van der Waals surface area contributed by atoms with Gasteiger partial charge in [0.15, 0.2) is 0 Å². The van der Waals surface area contributed by atoms with Crippen LogP contribution in [0.2, 0.25) is 4.44 Å². The van der Waals surface area contributed by atoms with E-state index in [0.717, 1.165) is 0 Å². The van der Waals surface area contributed by atoms with Gasteiger partial charge in [0.2, 0.25) is 0 Å². The van der Waals surface area contributed by atoms with Crippen molar-refractivity contribution < 1.29 is 13.2 Å². The van der Waals surface area contributed by atoms with Gasteiger partial charge in [0.25, 0.3) is 0 Å². The van der Waals surface area contributed by atoms with Gasteiger partial charge in [-0.3, -0.25) is 0 Å². The molecule has 4 heteroatoms. The maximum absolute atomic E-state index is 11.3. The molecule has 0 unspecified atom stereocenters. The predicted octanol–water partition coefficient (Wildman–Crippen LogP) is 1.92. The number of halogens is 3. The second-order valence-electron chi connectivity index (χ2n) is 1.47. The first kappa shape index (κ1) is 8.59. The van der Waals surface area contributed by atoms with E-state index in [2.05, 4.69) is 0 Å². The maximum atomic E-state index is 11.3. The summed E-state index contributed by atoms with van der Waals surface area (Å²) >= 11 is 1.18. The molecule has 0 aromatic rings. The number of rotatable bonds is 2. The molecule has 0 N–H and O–H groups in total. The van der Waals surface area contributed by atoms with Crippen LogP contribution in [0.5, 0.6) is 0 Å². The Morgan fingerprint density at radius 3 is 1.88 bits per heavy atom. The molecule has 0 rings (SSSR count). The zero-order valence-corrected chi connectivity index (χ0v) is 7.11. The Labute approximate surface area is 59.5 Å². The van der Waals surface area contributed by atoms with Crippen LogP contribution in [0.4, 0.5) is 13.2 Å². The standard InChI is InChI=1S/C4H6F3.Sn/c1-2-3-4(5,6)7;/h1-3H2;. The normalized spacial score (nSPS) is 12.0. The first-order chi connectivity index (χ1) is 3.56. The third-order valence-electron chi connectivity index (χ3n) is 0.637. The van der Waals surface area contributed by atoms with Crippen LogP contribution in [0, 0.1) is 0 Å². The van der Waals surface area contributed by atoms with Crippen molar-refractivity contribution in [2.45, 2.75) is 23.5 Å². The number of hydrogen-bond donors (Lipinski definition) is 0. The molecule has 0 saturated heterocycles. The van der Waals surface area contributed by atoms with E-state index in [-0.39, 0.29) is 0 Å². The molecule has 0 bridgehead atoms. The Kier molecular flexibility index (Phi) is 3.85. The third kappa shape index (κ3) is 6.59.